The standard InChI is InChI=1S/C19H24O4/c20-17-14-1-2-15(17)16(6-14)18(21)22-10-23-19-7-11-3-12(8-19)5-13(4-11)9-19/h1-2,11-16H,3-10H2. The Labute approximate surface area is 136 Å². The average Bonchev–Trinajstić information content (AvgIpc) is 3.01. The summed E-state index contributed by atoms with van der Waals surface area (Å²) in [5, 5.41) is 0. The lowest BCUT2D eigenvalue weighted by molar-refractivity contribution is -0.212. The van der Waals surface area contributed by atoms with Gasteiger partial charge in [0.15, 0.2) is 6.79 Å². The third kappa shape index (κ3) is 2.21. The molecule has 23 heavy (non-hydrogen) atoms. The van der Waals surface area contributed by atoms with Gasteiger partial charge >= 0.3 is 5.97 Å². The highest BCUT2D eigenvalue weighted by molar-refractivity contribution is 5.96. The van der Waals surface area contributed by atoms with Crippen molar-refractivity contribution < 1.29 is 19.1 Å². The van der Waals surface area contributed by atoms with E-state index < -0.39 is 0 Å². The van der Waals surface area contributed by atoms with Gasteiger partial charge in [-0.1, -0.05) is 12.2 Å². The number of ether oxygens (including phenoxy) is 2. The minimum absolute atomic E-state index is 0.0283. The molecule has 4 nitrogen and oxygen atoms in total. The molecule has 3 unspecified atom stereocenters. The summed E-state index contributed by atoms with van der Waals surface area (Å²) in [6.45, 7) is 0.0663. The summed E-state index contributed by atoms with van der Waals surface area (Å²) in [4.78, 5) is 24.2. The molecule has 4 heteroatoms. The first-order valence-corrected chi connectivity index (χ1v) is 9.14. The van der Waals surface area contributed by atoms with Gasteiger partial charge in [-0.2, -0.15) is 0 Å². The Morgan fingerprint density at radius 1 is 1.04 bits per heavy atom. The number of allylic oxidation sites excluding steroid dienone is 2. The van der Waals surface area contributed by atoms with E-state index in [1.807, 2.05) is 12.2 Å². The maximum Gasteiger partial charge on any atom is 0.312 e. The van der Waals surface area contributed by atoms with Crippen LogP contribution < -0.4 is 0 Å². The first-order valence-electron chi connectivity index (χ1n) is 9.14. The molecule has 6 bridgehead atoms. The van der Waals surface area contributed by atoms with Crippen LogP contribution in [0, 0.1) is 35.5 Å². The lowest BCUT2D eigenvalue weighted by atomic mass is 9.54. The quantitative estimate of drug-likeness (QED) is 0.455. The van der Waals surface area contributed by atoms with Gasteiger partial charge in [0, 0.05) is 11.8 Å². The van der Waals surface area contributed by atoms with E-state index >= 15 is 0 Å². The van der Waals surface area contributed by atoms with Gasteiger partial charge in [0.2, 0.25) is 0 Å². The molecule has 0 saturated heterocycles. The minimum atomic E-state index is -0.280. The predicted molar refractivity (Wildman–Crippen MR) is 82.2 cm³/mol. The Balaban J connectivity index is 1.17. The van der Waals surface area contributed by atoms with E-state index in [2.05, 4.69) is 0 Å². The molecule has 0 aromatic heterocycles. The van der Waals surface area contributed by atoms with Crippen LogP contribution in [0.15, 0.2) is 12.2 Å². The van der Waals surface area contributed by atoms with Crippen molar-refractivity contribution in [3.05, 3.63) is 12.2 Å². The van der Waals surface area contributed by atoms with Gasteiger partial charge < -0.3 is 9.47 Å². The van der Waals surface area contributed by atoms with Gasteiger partial charge in [-0.05, 0) is 62.7 Å². The van der Waals surface area contributed by atoms with Crippen LogP contribution in [0.5, 0.6) is 0 Å². The van der Waals surface area contributed by atoms with E-state index in [0.717, 1.165) is 37.0 Å². The molecule has 0 spiro atoms. The zero-order valence-electron chi connectivity index (χ0n) is 13.4. The van der Waals surface area contributed by atoms with Gasteiger partial charge in [0.25, 0.3) is 0 Å². The second kappa shape index (κ2) is 4.92. The number of hydrogen-bond donors (Lipinski definition) is 0. The molecule has 0 aromatic carbocycles. The third-order valence-electron chi connectivity index (χ3n) is 7.04. The van der Waals surface area contributed by atoms with Crippen LogP contribution in [0.4, 0.5) is 0 Å². The molecule has 6 rings (SSSR count). The van der Waals surface area contributed by atoms with Crippen molar-refractivity contribution in [2.75, 3.05) is 6.79 Å². The van der Waals surface area contributed by atoms with Gasteiger partial charge in [-0.25, -0.2) is 0 Å². The maximum absolute atomic E-state index is 12.3. The summed E-state index contributed by atoms with van der Waals surface area (Å²) in [6, 6.07) is 0. The maximum atomic E-state index is 12.3. The molecule has 0 heterocycles. The highest BCUT2D eigenvalue weighted by atomic mass is 16.7. The van der Waals surface area contributed by atoms with Crippen molar-refractivity contribution in [3.8, 4) is 0 Å². The average molecular weight is 316 g/mol. The second-order valence-electron chi connectivity index (χ2n) is 8.59. The fourth-order valence-electron chi connectivity index (χ4n) is 6.41. The van der Waals surface area contributed by atoms with E-state index in [-0.39, 0.29) is 41.9 Å². The summed E-state index contributed by atoms with van der Waals surface area (Å²) in [6.07, 6.45) is 12.0. The molecule has 5 saturated carbocycles. The van der Waals surface area contributed by atoms with Crippen LogP contribution in [0.3, 0.4) is 0 Å². The van der Waals surface area contributed by atoms with Crippen LogP contribution in [0.2, 0.25) is 0 Å². The summed E-state index contributed by atoms with van der Waals surface area (Å²) in [5.41, 5.74) is -0.0283. The Kier molecular flexibility index (Phi) is 3.04. The summed E-state index contributed by atoms with van der Waals surface area (Å²) >= 11 is 0. The van der Waals surface area contributed by atoms with Crippen LogP contribution in [0.1, 0.15) is 44.9 Å². The Morgan fingerprint density at radius 3 is 2.22 bits per heavy atom. The van der Waals surface area contributed by atoms with Crippen LogP contribution in [-0.4, -0.2) is 24.1 Å². The molecule has 0 N–H and O–H groups in total. The van der Waals surface area contributed by atoms with Crippen molar-refractivity contribution in [2.24, 2.45) is 35.5 Å². The summed E-state index contributed by atoms with van der Waals surface area (Å²) < 4.78 is 11.6. The second-order valence-corrected chi connectivity index (χ2v) is 8.59. The van der Waals surface area contributed by atoms with Crippen LogP contribution in [-0.2, 0) is 19.1 Å². The number of Topliss-reactive ketones (excluding diaryl/α,β-unsaturated/α-hetero) is 1. The molecule has 5 fully saturated rings. The topological polar surface area (TPSA) is 52.6 Å². The molecule has 0 amide bonds. The van der Waals surface area contributed by atoms with Gasteiger partial charge in [0.05, 0.1) is 11.5 Å². The predicted octanol–water partition coefficient (Wildman–Crippen LogP) is 2.86. The Hall–Kier alpha value is -1.16. The fraction of sp³-hybridized carbons (Fsp3) is 0.789. The van der Waals surface area contributed by atoms with Crippen molar-refractivity contribution in [1.82, 2.24) is 0 Å². The van der Waals surface area contributed by atoms with Crippen LogP contribution in [0.25, 0.3) is 0 Å². The normalized spacial score (nSPS) is 49.1. The number of esters is 1. The van der Waals surface area contributed by atoms with Gasteiger partial charge in [-0.15, -0.1) is 0 Å². The largest absolute Gasteiger partial charge is 0.438 e. The van der Waals surface area contributed by atoms with E-state index in [4.69, 9.17) is 9.47 Å². The van der Waals surface area contributed by atoms with E-state index in [9.17, 15) is 9.59 Å². The minimum Gasteiger partial charge on any atom is -0.438 e. The number of rotatable bonds is 4. The molecular formula is C19H24O4. The fourth-order valence-corrected chi connectivity index (χ4v) is 6.41. The third-order valence-corrected chi connectivity index (χ3v) is 7.04. The molecule has 0 aromatic rings. The molecule has 6 aliphatic carbocycles. The Bertz CT molecular complexity index is 543. The van der Waals surface area contributed by atoms with Crippen molar-refractivity contribution in [2.45, 2.75) is 50.5 Å². The molecule has 6 aliphatic rings. The number of fused-ring (bicyclic) bond motifs is 2. The lowest BCUT2D eigenvalue weighted by Gasteiger charge is -2.56. The van der Waals surface area contributed by atoms with E-state index in [1.165, 1.54) is 19.3 Å². The molecule has 124 valence electrons. The van der Waals surface area contributed by atoms with Crippen LogP contribution >= 0.6 is 0 Å². The monoisotopic (exact) mass is 316 g/mol. The first kappa shape index (κ1) is 14.2. The zero-order valence-corrected chi connectivity index (χ0v) is 13.4. The first-order chi connectivity index (χ1) is 11.1. The molecule has 0 radical (unpaired) electrons. The summed E-state index contributed by atoms with van der Waals surface area (Å²) in [5.74, 6) is 1.83. The molecular weight excluding hydrogens is 292 g/mol. The SMILES string of the molecule is O=C1C2C=CC1C(C(=O)OCOC13CC4CC(CC(C4)C1)C3)C2. The molecule has 3 atom stereocenters. The number of carbonyl (C=O) groups is 2. The lowest BCUT2D eigenvalue weighted by Crippen LogP contribution is -2.52. The Morgan fingerprint density at radius 2 is 1.70 bits per heavy atom. The highest BCUT2D eigenvalue weighted by Crippen LogP contribution is 2.57. The number of ketones is 1. The zero-order chi connectivity index (χ0) is 15.6. The van der Waals surface area contributed by atoms with Gasteiger partial charge in [0.1, 0.15) is 5.78 Å². The van der Waals surface area contributed by atoms with Crippen molar-refractivity contribution >= 4 is 11.8 Å². The smallest absolute Gasteiger partial charge is 0.312 e. The van der Waals surface area contributed by atoms with E-state index in [0.29, 0.717) is 6.42 Å². The van der Waals surface area contributed by atoms with Crippen molar-refractivity contribution in [1.29, 1.82) is 0 Å². The van der Waals surface area contributed by atoms with Gasteiger partial charge in [-0.3, -0.25) is 9.59 Å². The molecule has 0 aliphatic heterocycles. The number of hydrogen-bond acceptors (Lipinski definition) is 4. The number of carbonyl (C=O) groups excluding carboxylic acids is 2. The van der Waals surface area contributed by atoms with Crippen molar-refractivity contribution in [3.63, 3.8) is 0 Å². The summed E-state index contributed by atoms with van der Waals surface area (Å²) in [7, 11) is 0. The van der Waals surface area contributed by atoms with E-state index in [1.54, 1.807) is 0 Å². The highest BCUT2D eigenvalue weighted by Gasteiger charge is 2.52.